The normalized spacial score (nSPS) is 14.7. The molecule has 0 aliphatic heterocycles. The van der Waals surface area contributed by atoms with Crippen molar-refractivity contribution in [2.45, 2.75) is 19.3 Å². The molecule has 0 radical (unpaired) electrons. The van der Waals surface area contributed by atoms with Crippen molar-refractivity contribution < 1.29 is 0 Å². The summed E-state index contributed by atoms with van der Waals surface area (Å²) in [5, 5.41) is 10.8. The molecule has 0 saturated heterocycles. The lowest BCUT2D eigenvalue weighted by Crippen LogP contribution is -1.91. The molecule has 32 heavy (non-hydrogen) atoms. The first-order chi connectivity index (χ1) is 15.7. The van der Waals surface area contributed by atoms with E-state index >= 15 is 0 Å². The summed E-state index contributed by atoms with van der Waals surface area (Å²) < 4.78 is 0. The summed E-state index contributed by atoms with van der Waals surface area (Å²) in [5.41, 5.74) is 9.68. The Hall–Kier alpha value is -3.84. The van der Waals surface area contributed by atoms with Gasteiger partial charge in [-0.05, 0) is 73.3 Å². The zero-order chi connectivity index (χ0) is 21.7. The van der Waals surface area contributed by atoms with Crippen LogP contribution in [0, 0.1) is 0 Å². The number of fused-ring (bicyclic) bond motifs is 5. The summed E-state index contributed by atoms with van der Waals surface area (Å²) in [6.45, 7) is 2.36. The molecular weight excluding hydrogens is 386 g/mol. The van der Waals surface area contributed by atoms with Crippen molar-refractivity contribution in [1.29, 1.82) is 0 Å². The van der Waals surface area contributed by atoms with E-state index in [1.807, 2.05) is 30.3 Å². The summed E-state index contributed by atoms with van der Waals surface area (Å²) in [6, 6.07) is 36.5. The fraction of sp³-hybridized carbons (Fsp3) is 0.0968. The molecule has 154 valence electrons. The Kier molecular flexibility index (Phi) is 4.36. The molecule has 7 rings (SSSR count). The topological polar surface area (TPSA) is 26.0 Å². The molecule has 1 aliphatic carbocycles. The lowest BCUT2D eigenvalue weighted by Gasteiger charge is -2.12. The molecule has 1 aliphatic rings. The van der Waals surface area contributed by atoms with Crippen LogP contribution in [0.5, 0.6) is 0 Å². The van der Waals surface area contributed by atoms with Gasteiger partial charge in [0.15, 0.2) is 0 Å². The second-order valence-electron chi connectivity index (χ2n) is 8.86. The Labute approximate surface area is 188 Å². The van der Waals surface area contributed by atoms with Gasteiger partial charge in [0, 0.05) is 11.1 Å². The van der Waals surface area contributed by atoms with Crippen molar-refractivity contribution in [3.63, 3.8) is 0 Å². The number of nitrogens with two attached hydrogens (primary N) is 1. The molecule has 0 amide bonds. The number of nitrogen functional groups attached to an aromatic ring is 1. The number of anilines is 1. The van der Waals surface area contributed by atoms with E-state index < -0.39 is 0 Å². The lowest BCUT2D eigenvalue weighted by molar-refractivity contribution is 0.804. The quantitative estimate of drug-likeness (QED) is 0.152. The van der Waals surface area contributed by atoms with Crippen molar-refractivity contribution >= 4 is 48.8 Å². The molecule has 1 atom stereocenters. The minimum atomic E-state index is 0.620. The Bertz CT molecular complexity index is 1620. The maximum atomic E-state index is 5.76. The van der Waals surface area contributed by atoms with Crippen LogP contribution in [0.25, 0.3) is 43.1 Å². The second-order valence-corrected chi connectivity index (χ2v) is 8.86. The molecule has 0 fully saturated rings. The first kappa shape index (κ1) is 18.9. The number of rotatable bonds is 0. The Balaban J connectivity index is 0.000000150. The van der Waals surface area contributed by atoms with Crippen LogP contribution in [-0.2, 0) is 6.42 Å². The highest BCUT2D eigenvalue weighted by Crippen LogP contribution is 2.44. The maximum absolute atomic E-state index is 5.76. The van der Waals surface area contributed by atoms with Gasteiger partial charge in [-0.15, -0.1) is 0 Å². The number of hydrogen-bond donors (Lipinski definition) is 1. The SMILES string of the molecule is CC1Cc2cccc3cc4c(ccc5ccccc54)c1c23.Nc1cccc2ccccc12. The standard InChI is InChI=1S/C21H16.C10H9N/c1-13-11-15-6-4-7-16-12-19-17-8-3-2-5-14(17)9-10-18(19)20(13)21(15)16;11-10-7-3-5-8-4-1-2-6-9(8)10/h2-10,12-13H,11H2,1H3;1-7H,11H2. The zero-order valence-electron chi connectivity index (χ0n) is 18.2. The van der Waals surface area contributed by atoms with E-state index in [1.54, 1.807) is 5.56 Å². The van der Waals surface area contributed by atoms with Crippen LogP contribution in [0.2, 0.25) is 0 Å². The van der Waals surface area contributed by atoms with Crippen LogP contribution in [-0.4, -0.2) is 0 Å². The fourth-order valence-corrected chi connectivity index (χ4v) is 5.41. The monoisotopic (exact) mass is 411 g/mol. The van der Waals surface area contributed by atoms with E-state index in [4.69, 9.17) is 5.73 Å². The largest absolute Gasteiger partial charge is 0.398 e. The van der Waals surface area contributed by atoms with Crippen molar-refractivity contribution in [2.24, 2.45) is 0 Å². The second kappa shape index (κ2) is 7.39. The van der Waals surface area contributed by atoms with Crippen molar-refractivity contribution in [1.82, 2.24) is 0 Å². The third kappa shape index (κ3) is 2.93. The number of hydrogen-bond acceptors (Lipinski definition) is 1. The molecule has 1 nitrogen and oxygen atoms in total. The van der Waals surface area contributed by atoms with Crippen LogP contribution in [0.4, 0.5) is 5.69 Å². The minimum Gasteiger partial charge on any atom is -0.398 e. The molecule has 0 aromatic heterocycles. The highest BCUT2D eigenvalue weighted by Gasteiger charge is 2.23. The van der Waals surface area contributed by atoms with Gasteiger partial charge in [-0.25, -0.2) is 0 Å². The third-order valence-electron chi connectivity index (χ3n) is 6.86. The molecular formula is C31H25N. The minimum absolute atomic E-state index is 0.620. The smallest absolute Gasteiger partial charge is 0.0393 e. The molecule has 1 heteroatoms. The highest BCUT2D eigenvalue weighted by atomic mass is 14.5. The van der Waals surface area contributed by atoms with Gasteiger partial charge in [-0.2, -0.15) is 0 Å². The van der Waals surface area contributed by atoms with Gasteiger partial charge < -0.3 is 5.73 Å². The van der Waals surface area contributed by atoms with Gasteiger partial charge in [-0.3, -0.25) is 0 Å². The molecule has 2 N–H and O–H groups in total. The van der Waals surface area contributed by atoms with Gasteiger partial charge in [0.1, 0.15) is 0 Å². The van der Waals surface area contributed by atoms with Crippen LogP contribution >= 0.6 is 0 Å². The first-order valence-corrected chi connectivity index (χ1v) is 11.3. The number of benzene rings is 6. The van der Waals surface area contributed by atoms with Crippen molar-refractivity contribution in [3.8, 4) is 0 Å². The molecule has 6 aromatic rings. The third-order valence-corrected chi connectivity index (χ3v) is 6.86. The average molecular weight is 412 g/mol. The predicted molar refractivity (Wildman–Crippen MR) is 139 cm³/mol. The first-order valence-electron chi connectivity index (χ1n) is 11.3. The lowest BCUT2D eigenvalue weighted by atomic mass is 9.91. The molecule has 0 bridgehead atoms. The predicted octanol–water partition coefficient (Wildman–Crippen LogP) is 8.23. The van der Waals surface area contributed by atoms with E-state index in [-0.39, 0.29) is 0 Å². The van der Waals surface area contributed by atoms with E-state index in [9.17, 15) is 0 Å². The molecule has 1 unspecified atom stereocenters. The maximum Gasteiger partial charge on any atom is 0.0393 e. The summed E-state index contributed by atoms with van der Waals surface area (Å²) >= 11 is 0. The van der Waals surface area contributed by atoms with E-state index in [2.05, 4.69) is 79.7 Å². The molecule has 6 aromatic carbocycles. The molecule has 0 heterocycles. The van der Waals surface area contributed by atoms with Crippen LogP contribution in [0.15, 0.2) is 103 Å². The zero-order valence-corrected chi connectivity index (χ0v) is 18.2. The molecule has 0 saturated carbocycles. The van der Waals surface area contributed by atoms with E-state index in [0.717, 1.165) is 11.1 Å². The van der Waals surface area contributed by atoms with Gasteiger partial charge in [0.05, 0.1) is 0 Å². The molecule has 0 spiro atoms. The Morgan fingerprint density at radius 2 is 1.25 bits per heavy atom. The van der Waals surface area contributed by atoms with Crippen molar-refractivity contribution in [2.75, 3.05) is 5.73 Å². The summed E-state index contributed by atoms with van der Waals surface area (Å²) in [5.74, 6) is 0.620. The Morgan fingerprint density at radius 3 is 2.06 bits per heavy atom. The summed E-state index contributed by atoms with van der Waals surface area (Å²) in [6.07, 6.45) is 1.18. The van der Waals surface area contributed by atoms with Crippen LogP contribution in [0.3, 0.4) is 0 Å². The van der Waals surface area contributed by atoms with Gasteiger partial charge in [0.2, 0.25) is 0 Å². The highest BCUT2D eigenvalue weighted by molar-refractivity contribution is 6.15. The van der Waals surface area contributed by atoms with Crippen LogP contribution in [0.1, 0.15) is 24.0 Å². The fourth-order valence-electron chi connectivity index (χ4n) is 5.41. The average Bonchev–Trinajstić information content (AvgIpc) is 3.18. The summed E-state index contributed by atoms with van der Waals surface area (Å²) in [4.78, 5) is 0. The van der Waals surface area contributed by atoms with E-state index in [1.165, 1.54) is 49.7 Å². The van der Waals surface area contributed by atoms with Crippen molar-refractivity contribution in [3.05, 3.63) is 114 Å². The van der Waals surface area contributed by atoms with Crippen LogP contribution < -0.4 is 5.73 Å². The van der Waals surface area contributed by atoms with Gasteiger partial charge in [0.25, 0.3) is 0 Å². The van der Waals surface area contributed by atoms with Gasteiger partial charge >= 0.3 is 0 Å². The van der Waals surface area contributed by atoms with Gasteiger partial charge in [-0.1, -0.05) is 97.9 Å². The van der Waals surface area contributed by atoms with E-state index in [0.29, 0.717) is 5.92 Å². The summed E-state index contributed by atoms with van der Waals surface area (Å²) in [7, 11) is 0. The Morgan fingerprint density at radius 1 is 0.594 bits per heavy atom.